The van der Waals surface area contributed by atoms with Crippen LogP contribution in [0.25, 0.3) is 131 Å². The van der Waals surface area contributed by atoms with Crippen LogP contribution in [0.5, 0.6) is 0 Å². The number of imidazole rings is 1. The topological polar surface area (TPSA) is 246 Å². The largest absolute Gasteiger partial charge is 0.361 e. The molecule has 0 saturated carbocycles. The summed E-state index contributed by atoms with van der Waals surface area (Å²) in [6.07, 6.45) is 16.6. The molecule has 22 heteroatoms. The second-order valence-electron chi connectivity index (χ2n) is 32.0. The predicted molar refractivity (Wildman–Crippen MR) is 500 cm³/mol. The van der Waals surface area contributed by atoms with Crippen LogP contribution in [-0.4, -0.2) is 94.7 Å². The van der Waals surface area contributed by atoms with Crippen molar-refractivity contribution in [3.63, 3.8) is 0 Å². The summed E-state index contributed by atoms with van der Waals surface area (Å²) in [7, 11) is 0. The standard InChI is InChI=1S/C12H10N2.2C12H12N2.C12H10N2.2C12H11NO.C11H9N3.C10H8N4.C10H8N2S/c1-8-2-4-10-9(6-8)3-5-12-11(10)7-13-14-12;1-9-8-13-14-11(9)7-6-10-4-2-3-5-12(10)14;2*1-8-10-7-6-9-4-2-3-5-11(9)12(10)14-13-8;1-8-10-7-6-9-4-2-3-5-11(9)12(10)13-14-8;1-8-10-7-6-9-4-2-3-5-11(9)12(10)14-13-8;1-8-10-7-6-9-4-2-3-5-11(9)14(10)13-12-8;1-7-10-11-6-8-4-2-3-5-9(8)14(10)13-12-7;1-7-6-12-8-4-2-3-5-9(8)13-10(12)11-7/h2-7H,1H3,(H,13,14);2-5,8H,6-7H2,1H3;2-5H,6-7H2,1H3,(H,13,14);2-7H,1H3,(H,13,14);2*2-5H,6-7H2,1H3;2-7H,1H3;2-6H,1H3;2-6H,1H3. The number of para-hydroxylation sites is 4. The minimum absolute atomic E-state index is 0.823. The third-order valence-corrected chi connectivity index (χ3v) is 24.9. The van der Waals surface area contributed by atoms with Crippen LogP contribution < -0.4 is 0 Å². The van der Waals surface area contributed by atoms with Crippen LogP contribution in [0.1, 0.15) is 95.7 Å². The van der Waals surface area contributed by atoms with Gasteiger partial charge in [-0.25, -0.2) is 19.2 Å². The van der Waals surface area contributed by atoms with E-state index in [0.29, 0.717) is 0 Å². The third-order valence-electron chi connectivity index (χ3n) is 23.8. The number of benzene rings is 11. The van der Waals surface area contributed by atoms with E-state index in [-0.39, 0.29) is 0 Å². The monoisotopic (exact) mass is 1660 g/mol. The Balaban J connectivity index is 0.0000000920. The first-order chi connectivity index (χ1) is 61.2. The summed E-state index contributed by atoms with van der Waals surface area (Å²) < 4.78 is 19.8. The van der Waals surface area contributed by atoms with E-state index in [1.54, 1.807) is 15.9 Å². The molecule has 616 valence electrons. The van der Waals surface area contributed by atoms with Crippen molar-refractivity contribution in [1.82, 2.24) is 94.7 Å². The van der Waals surface area contributed by atoms with Crippen LogP contribution in [0, 0.1) is 62.3 Å². The van der Waals surface area contributed by atoms with Crippen molar-refractivity contribution in [3.05, 3.63) is 369 Å². The molecule has 4 aliphatic rings. The highest BCUT2D eigenvalue weighted by molar-refractivity contribution is 7.23. The molecule has 3 N–H and O–H groups in total. The fourth-order valence-electron chi connectivity index (χ4n) is 17.2. The zero-order valence-electron chi connectivity index (χ0n) is 71.0. The summed E-state index contributed by atoms with van der Waals surface area (Å²) in [5, 5.41) is 60.3. The molecule has 3 aliphatic carbocycles. The number of pyridine rings is 1. The molecule has 0 spiro atoms. The lowest BCUT2D eigenvalue weighted by Gasteiger charge is -2.18. The number of aromatic nitrogens is 19. The van der Waals surface area contributed by atoms with E-state index in [9.17, 15) is 0 Å². The fourth-order valence-corrected chi connectivity index (χ4v) is 18.3. The van der Waals surface area contributed by atoms with Gasteiger partial charge in [0.15, 0.2) is 16.4 Å². The van der Waals surface area contributed by atoms with Gasteiger partial charge < -0.3 is 9.05 Å². The number of nitrogens with one attached hydrogen (secondary N) is 3. The highest BCUT2D eigenvalue weighted by atomic mass is 32.1. The number of hydrogen-bond acceptors (Lipinski definition) is 15. The fraction of sp³-hybridized carbons (Fsp3) is 0.165. The molecular formula is C103H91N19O2S. The Hall–Kier alpha value is -15.2. The van der Waals surface area contributed by atoms with Gasteiger partial charge in [0, 0.05) is 89.8 Å². The van der Waals surface area contributed by atoms with Crippen molar-refractivity contribution in [1.29, 1.82) is 0 Å². The van der Waals surface area contributed by atoms with Crippen LogP contribution in [0.15, 0.2) is 283 Å². The summed E-state index contributed by atoms with van der Waals surface area (Å²) in [5.74, 6) is 1.94. The summed E-state index contributed by atoms with van der Waals surface area (Å²) in [6.45, 7) is 18.3. The Morgan fingerprint density at radius 3 is 1.82 bits per heavy atom. The first-order valence-electron chi connectivity index (χ1n) is 42.3. The summed E-state index contributed by atoms with van der Waals surface area (Å²) >= 11 is 1.73. The minimum atomic E-state index is 0.823. The number of H-pyrrole nitrogens is 3. The number of nitrogens with zero attached hydrogens (tertiary/aromatic N) is 16. The highest BCUT2D eigenvalue weighted by Gasteiger charge is 2.25. The number of aromatic amines is 3. The van der Waals surface area contributed by atoms with Crippen LogP contribution >= 0.6 is 11.3 Å². The van der Waals surface area contributed by atoms with E-state index in [4.69, 9.17) is 9.05 Å². The van der Waals surface area contributed by atoms with Gasteiger partial charge in [-0.1, -0.05) is 244 Å². The maximum atomic E-state index is 5.36. The summed E-state index contributed by atoms with van der Waals surface area (Å²) in [5.41, 5.74) is 34.5. The Labute approximate surface area is 724 Å². The molecule has 0 atom stereocenters. The Morgan fingerprint density at radius 1 is 0.408 bits per heavy atom. The average molecular weight is 1660 g/mol. The maximum Gasteiger partial charge on any atom is 0.194 e. The van der Waals surface area contributed by atoms with E-state index < -0.39 is 0 Å². The van der Waals surface area contributed by atoms with Crippen molar-refractivity contribution in [2.75, 3.05) is 0 Å². The molecule has 13 heterocycles. The lowest BCUT2D eigenvalue weighted by atomic mass is 9.89. The lowest BCUT2D eigenvalue weighted by Crippen LogP contribution is -2.12. The molecule has 1 aliphatic heterocycles. The van der Waals surface area contributed by atoms with E-state index in [2.05, 4.69) is 307 Å². The van der Waals surface area contributed by atoms with Gasteiger partial charge in [-0.2, -0.15) is 24.9 Å². The molecule has 21 nitrogen and oxygen atoms in total. The van der Waals surface area contributed by atoms with Crippen molar-refractivity contribution in [2.45, 2.75) is 114 Å². The summed E-state index contributed by atoms with van der Waals surface area (Å²) in [6, 6.07) is 85.8. The van der Waals surface area contributed by atoms with Gasteiger partial charge >= 0.3 is 0 Å². The quantitative estimate of drug-likeness (QED) is 0.128. The van der Waals surface area contributed by atoms with Crippen molar-refractivity contribution < 1.29 is 9.05 Å². The van der Waals surface area contributed by atoms with E-state index in [1.807, 2.05) is 119 Å². The lowest BCUT2D eigenvalue weighted by molar-refractivity contribution is 0.398. The predicted octanol–water partition coefficient (Wildman–Crippen LogP) is 22.9. The number of thiazole rings is 1. The molecule has 0 amide bonds. The van der Waals surface area contributed by atoms with Crippen LogP contribution in [0.2, 0.25) is 0 Å². The average Bonchev–Trinajstić information content (AvgIpc) is 1.61. The molecule has 0 unspecified atom stereocenters. The molecule has 23 aromatic rings. The Bertz CT molecular complexity index is 7240. The molecule has 27 rings (SSSR count). The molecule has 0 bridgehead atoms. The maximum absolute atomic E-state index is 5.36. The SMILES string of the molecule is Cc1[nH]nc2c1CCc1ccccc1-2.Cc1[nH]nc2c1ccc1ccccc12.Cc1ccc2c(ccc3[nH]ncc32)c1.Cc1cn2c(n1)sc1ccccc12.Cc1cnn2c1CCc1ccccc1-2.Cc1nnn2c1ccc1ccccc12.Cc1nnn2c1ncc1ccccc12.Cc1noc2c1CCc1ccccc1-2.Cc1onc2c1CCc1ccccc1-2. The smallest absolute Gasteiger partial charge is 0.194 e. The second kappa shape index (κ2) is 34.8. The molecule has 11 aromatic carbocycles. The van der Waals surface area contributed by atoms with Gasteiger partial charge in [-0.3, -0.25) is 19.7 Å². The Kier molecular flexibility index (Phi) is 22.1. The first-order valence-corrected chi connectivity index (χ1v) is 43.1. The van der Waals surface area contributed by atoms with Crippen LogP contribution in [0.3, 0.4) is 0 Å². The van der Waals surface area contributed by atoms with Gasteiger partial charge in [0.1, 0.15) is 22.7 Å². The molecule has 0 saturated heterocycles. The Morgan fingerprint density at radius 2 is 1.02 bits per heavy atom. The van der Waals surface area contributed by atoms with E-state index in [0.717, 1.165) is 146 Å². The van der Waals surface area contributed by atoms with E-state index in [1.165, 1.54) is 132 Å². The normalized spacial score (nSPS) is 12.3. The first kappa shape index (κ1) is 79.6. The van der Waals surface area contributed by atoms with E-state index >= 15 is 0 Å². The van der Waals surface area contributed by atoms with Crippen molar-refractivity contribution in [2.24, 2.45) is 0 Å². The number of aryl methyl sites for hydroxylation is 13. The molecule has 0 fully saturated rings. The number of hydrogen-bond donors (Lipinski definition) is 3. The van der Waals surface area contributed by atoms with Gasteiger partial charge in [0.25, 0.3) is 0 Å². The van der Waals surface area contributed by atoms with Crippen LogP contribution in [0.4, 0.5) is 0 Å². The van der Waals surface area contributed by atoms with Gasteiger partial charge in [-0.05, 0) is 200 Å². The zero-order valence-corrected chi connectivity index (χ0v) is 71.8. The number of rotatable bonds is 0. The van der Waals surface area contributed by atoms with Gasteiger partial charge in [0.05, 0.1) is 73.1 Å². The molecule has 12 aromatic heterocycles. The molecule has 125 heavy (non-hydrogen) atoms. The minimum Gasteiger partial charge on any atom is -0.361 e. The number of fused-ring (bicyclic) bond motifs is 27. The van der Waals surface area contributed by atoms with Crippen molar-refractivity contribution in [3.8, 4) is 39.5 Å². The van der Waals surface area contributed by atoms with Gasteiger partial charge in [0.2, 0.25) is 0 Å². The molecule has 0 radical (unpaired) electrons. The second-order valence-corrected chi connectivity index (χ2v) is 33.0. The van der Waals surface area contributed by atoms with Gasteiger partial charge in [-0.15, -0.1) is 10.2 Å². The highest BCUT2D eigenvalue weighted by Crippen LogP contribution is 2.38. The van der Waals surface area contributed by atoms with Crippen molar-refractivity contribution >= 4 is 103 Å². The third kappa shape index (κ3) is 16.0. The summed E-state index contributed by atoms with van der Waals surface area (Å²) in [4.78, 5) is 9.82. The zero-order chi connectivity index (χ0) is 85.2. The molecular weight excluding hydrogens is 1570 g/mol. The van der Waals surface area contributed by atoms with Crippen LogP contribution in [-0.2, 0) is 51.4 Å².